The first-order valence-corrected chi connectivity index (χ1v) is 15.2. The maximum absolute atomic E-state index is 13.8. The van der Waals surface area contributed by atoms with E-state index >= 15 is 0 Å². The van der Waals surface area contributed by atoms with Crippen molar-refractivity contribution in [2.45, 2.75) is 45.1 Å². The van der Waals surface area contributed by atoms with Gasteiger partial charge in [-0.3, -0.25) is 4.79 Å². The van der Waals surface area contributed by atoms with Crippen molar-refractivity contribution >= 4 is 17.7 Å². The van der Waals surface area contributed by atoms with E-state index in [1.165, 1.54) is 24.8 Å². The third-order valence-corrected chi connectivity index (χ3v) is 8.57. The van der Waals surface area contributed by atoms with Gasteiger partial charge in [-0.25, -0.2) is 4.79 Å². The van der Waals surface area contributed by atoms with Gasteiger partial charge in [0.1, 0.15) is 6.61 Å². The maximum atomic E-state index is 13.8. The van der Waals surface area contributed by atoms with Gasteiger partial charge in [-0.15, -0.1) is 0 Å². The van der Waals surface area contributed by atoms with Crippen molar-refractivity contribution in [3.63, 3.8) is 0 Å². The molecule has 0 aromatic heterocycles. The number of benzene rings is 3. The molecule has 5 rings (SSSR count). The minimum absolute atomic E-state index is 0.0814. The van der Waals surface area contributed by atoms with E-state index in [0.29, 0.717) is 32.5 Å². The van der Waals surface area contributed by atoms with Crippen molar-refractivity contribution < 1.29 is 14.3 Å². The van der Waals surface area contributed by atoms with Crippen LogP contribution in [0.1, 0.15) is 43.2 Å². The quantitative estimate of drug-likeness (QED) is 0.291. The van der Waals surface area contributed by atoms with Gasteiger partial charge in [-0.2, -0.15) is 0 Å². The normalized spacial score (nSPS) is 16.8. The van der Waals surface area contributed by atoms with E-state index in [4.69, 9.17) is 4.74 Å². The molecule has 0 aliphatic carbocycles. The fraction of sp³-hybridized carbons (Fsp3) is 0.429. The zero-order chi connectivity index (χ0) is 28.3. The Morgan fingerprint density at radius 2 is 1.32 bits per heavy atom. The van der Waals surface area contributed by atoms with Gasteiger partial charge in [0.15, 0.2) is 0 Å². The third kappa shape index (κ3) is 8.43. The Balaban J connectivity index is 1.08. The molecular weight excluding hydrogens is 510 g/mol. The lowest BCUT2D eigenvalue weighted by Gasteiger charge is -2.35. The molecule has 0 unspecified atom stereocenters. The lowest BCUT2D eigenvalue weighted by atomic mass is 9.90. The van der Waals surface area contributed by atoms with Crippen LogP contribution in [-0.4, -0.2) is 61.1 Å². The molecule has 216 valence electrons. The van der Waals surface area contributed by atoms with Crippen LogP contribution in [-0.2, 0) is 22.6 Å². The summed E-state index contributed by atoms with van der Waals surface area (Å²) >= 11 is 0. The molecule has 6 nitrogen and oxygen atoms in total. The molecule has 0 spiro atoms. The Kier molecular flexibility index (Phi) is 10.4. The molecule has 0 N–H and O–H groups in total. The molecule has 0 radical (unpaired) electrons. The summed E-state index contributed by atoms with van der Waals surface area (Å²) in [6.45, 7) is 5.36. The predicted molar refractivity (Wildman–Crippen MR) is 164 cm³/mol. The van der Waals surface area contributed by atoms with Crippen LogP contribution in [0, 0.1) is 11.8 Å². The molecule has 41 heavy (non-hydrogen) atoms. The van der Waals surface area contributed by atoms with Crippen LogP contribution in [0.5, 0.6) is 0 Å². The molecule has 0 atom stereocenters. The molecule has 2 heterocycles. The number of carbonyl (C=O) groups is 2. The van der Waals surface area contributed by atoms with E-state index in [9.17, 15) is 9.59 Å². The largest absolute Gasteiger partial charge is 0.445 e. The number of rotatable bonds is 10. The number of nitrogens with zero attached hydrogens (tertiary/aromatic N) is 3. The molecule has 0 saturated carbocycles. The SMILES string of the molecule is O=C(OCc1ccccc1)N1CCC(C(=O)N(CCCN2CCC(Cc3ccccc3)CC2)c2ccccc2)CC1. The fourth-order valence-electron chi connectivity index (χ4n) is 6.13. The Bertz CT molecular complexity index is 1210. The zero-order valence-electron chi connectivity index (χ0n) is 24.1. The summed E-state index contributed by atoms with van der Waals surface area (Å²) in [4.78, 5) is 32.7. The highest BCUT2D eigenvalue weighted by molar-refractivity contribution is 5.95. The number of anilines is 1. The van der Waals surface area contributed by atoms with Crippen molar-refractivity contribution in [1.29, 1.82) is 0 Å². The molecule has 2 amide bonds. The Labute approximate surface area is 244 Å². The number of hydrogen-bond donors (Lipinski definition) is 0. The van der Waals surface area contributed by atoms with E-state index < -0.39 is 0 Å². The molecule has 2 fully saturated rings. The van der Waals surface area contributed by atoms with Crippen LogP contribution in [0.3, 0.4) is 0 Å². The number of amides is 2. The standard InChI is InChI=1S/C35H43N3O3/c39-34(32-19-25-37(26-20-32)35(40)41-28-31-13-6-2-7-14-31)38(33-15-8-3-9-16-33)22-10-21-36-23-17-30(18-24-36)27-29-11-4-1-5-12-29/h1-9,11-16,30,32H,10,17-28H2. The first-order valence-electron chi connectivity index (χ1n) is 15.2. The summed E-state index contributed by atoms with van der Waals surface area (Å²) in [6, 6.07) is 30.6. The van der Waals surface area contributed by atoms with Crippen LogP contribution >= 0.6 is 0 Å². The van der Waals surface area contributed by atoms with Crippen LogP contribution < -0.4 is 4.90 Å². The van der Waals surface area contributed by atoms with E-state index in [-0.39, 0.29) is 24.5 Å². The average Bonchev–Trinajstić information content (AvgIpc) is 3.04. The maximum Gasteiger partial charge on any atom is 0.410 e. The topological polar surface area (TPSA) is 53.1 Å². The molecule has 2 aliphatic heterocycles. The third-order valence-electron chi connectivity index (χ3n) is 8.57. The fourth-order valence-corrected chi connectivity index (χ4v) is 6.13. The second-order valence-corrected chi connectivity index (χ2v) is 11.5. The summed E-state index contributed by atoms with van der Waals surface area (Å²) in [5, 5.41) is 0. The highest BCUT2D eigenvalue weighted by Gasteiger charge is 2.31. The zero-order valence-corrected chi connectivity index (χ0v) is 24.1. The highest BCUT2D eigenvalue weighted by atomic mass is 16.6. The van der Waals surface area contributed by atoms with Gasteiger partial charge in [-0.1, -0.05) is 78.9 Å². The van der Waals surface area contributed by atoms with Crippen LogP contribution in [0.15, 0.2) is 91.0 Å². The van der Waals surface area contributed by atoms with Gasteiger partial charge in [0, 0.05) is 31.2 Å². The molecule has 2 saturated heterocycles. The molecular formula is C35H43N3O3. The molecule has 3 aromatic carbocycles. The number of piperidine rings is 2. The van der Waals surface area contributed by atoms with Crippen LogP contribution in [0.25, 0.3) is 0 Å². The number of para-hydroxylation sites is 1. The van der Waals surface area contributed by atoms with Gasteiger partial charge in [-0.05, 0) is 87.3 Å². The first-order chi connectivity index (χ1) is 20.2. The molecule has 2 aliphatic rings. The first kappa shape index (κ1) is 28.9. The van der Waals surface area contributed by atoms with Crippen LogP contribution in [0.4, 0.5) is 10.5 Å². The van der Waals surface area contributed by atoms with Crippen LogP contribution in [0.2, 0.25) is 0 Å². The summed E-state index contributed by atoms with van der Waals surface area (Å²) < 4.78 is 5.51. The van der Waals surface area contributed by atoms with Crippen molar-refractivity contribution in [2.24, 2.45) is 11.8 Å². The Morgan fingerprint density at radius 3 is 1.95 bits per heavy atom. The summed E-state index contributed by atoms with van der Waals surface area (Å²) in [5.41, 5.74) is 3.38. The van der Waals surface area contributed by atoms with E-state index in [1.54, 1.807) is 4.90 Å². The summed E-state index contributed by atoms with van der Waals surface area (Å²) in [7, 11) is 0. The van der Waals surface area contributed by atoms with Gasteiger partial charge < -0.3 is 19.4 Å². The Morgan fingerprint density at radius 1 is 0.732 bits per heavy atom. The van der Waals surface area contributed by atoms with Gasteiger partial charge in [0.05, 0.1) is 0 Å². The van der Waals surface area contributed by atoms with Gasteiger partial charge in [0.2, 0.25) is 5.91 Å². The number of ether oxygens (including phenoxy) is 1. The minimum Gasteiger partial charge on any atom is -0.445 e. The van der Waals surface area contributed by atoms with E-state index in [2.05, 4.69) is 35.2 Å². The van der Waals surface area contributed by atoms with E-state index in [0.717, 1.165) is 43.2 Å². The van der Waals surface area contributed by atoms with Crippen molar-refractivity contribution in [1.82, 2.24) is 9.80 Å². The number of likely N-dealkylation sites (tertiary alicyclic amines) is 2. The smallest absolute Gasteiger partial charge is 0.410 e. The van der Waals surface area contributed by atoms with Crippen molar-refractivity contribution in [3.8, 4) is 0 Å². The van der Waals surface area contributed by atoms with Gasteiger partial charge in [0.25, 0.3) is 0 Å². The van der Waals surface area contributed by atoms with Crippen molar-refractivity contribution in [2.75, 3.05) is 44.2 Å². The molecule has 6 heteroatoms. The molecule has 0 bridgehead atoms. The number of hydrogen-bond acceptors (Lipinski definition) is 4. The Hall–Kier alpha value is -3.64. The van der Waals surface area contributed by atoms with Crippen molar-refractivity contribution in [3.05, 3.63) is 102 Å². The lowest BCUT2D eigenvalue weighted by Crippen LogP contribution is -2.45. The highest BCUT2D eigenvalue weighted by Crippen LogP contribution is 2.25. The minimum atomic E-state index is -0.299. The predicted octanol–water partition coefficient (Wildman–Crippen LogP) is 6.41. The van der Waals surface area contributed by atoms with Gasteiger partial charge >= 0.3 is 6.09 Å². The molecule has 3 aromatic rings. The summed E-state index contributed by atoms with van der Waals surface area (Å²) in [5.74, 6) is 0.856. The number of carbonyl (C=O) groups excluding carboxylic acids is 2. The summed E-state index contributed by atoms with van der Waals surface area (Å²) in [6.07, 6.45) is 5.64. The monoisotopic (exact) mass is 553 g/mol. The lowest BCUT2D eigenvalue weighted by molar-refractivity contribution is -0.123. The second-order valence-electron chi connectivity index (χ2n) is 11.5. The average molecular weight is 554 g/mol. The van der Waals surface area contributed by atoms with E-state index in [1.807, 2.05) is 65.6 Å². The second kappa shape index (κ2) is 14.8.